The first kappa shape index (κ1) is 25.5. The number of hydrogen-bond acceptors (Lipinski definition) is 7. The first-order chi connectivity index (χ1) is 17.3. The van der Waals surface area contributed by atoms with E-state index >= 15 is 0 Å². The lowest BCUT2D eigenvalue weighted by Gasteiger charge is -2.32. The number of ether oxygens (including phenoxy) is 1. The molecule has 1 saturated heterocycles. The summed E-state index contributed by atoms with van der Waals surface area (Å²) in [5.74, 6) is 0.621. The summed E-state index contributed by atoms with van der Waals surface area (Å²) < 4.78 is 6.90. The van der Waals surface area contributed by atoms with Gasteiger partial charge >= 0.3 is 6.03 Å². The quantitative estimate of drug-likeness (QED) is 0.465. The summed E-state index contributed by atoms with van der Waals surface area (Å²) in [6.45, 7) is 6.64. The molecular weight excluding hydrogens is 460 g/mol. The SMILES string of the molecule is COCCn1c(CN2CCN(C)CC2)nc2ccc(NC(=O)Nc3cccc(C(C)=O)c3)cc2c1=O. The van der Waals surface area contributed by atoms with Crippen LogP contribution in [0.15, 0.2) is 47.3 Å². The second-order valence-electron chi connectivity index (χ2n) is 9.01. The Balaban J connectivity index is 1.56. The Morgan fingerprint density at radius 1 is 1.03 bits per heavy atom. The van der Waals surface area contributed by atoms with Crippen LogP contribution in [0.1, 0.15) is 23.1 Å². The lowest BCUT2D eigenvalue weighted by Crippen LogP contribution is -2.45. The highest BCUT2D eigenvalue weighted by atomic mass is 16.5. The van der Waals surface area contributed by atoms with Gasteiger partial charge in [0.25, 0.3) is 5.56 Å². The first-order valence-corrected chi connectivity index (χ1v) is 12.0. The molecule has 0 atom stereocenters. The summed E-state index contributed by atoms with van der Waals surface area (Å²) >= 11 is 0. The molecule has 1 fully saturated rings. The highest BCUT2D eigenvalue weighted by Crippen LogP contribution is 2.18. The summed E-state index contributed by atoms with van der Waals surface area (Å²) in [4.78, 5) is 47.0. The van der Waals surface area contributed by atoms with Gasteiger partial charge in [-0.05, 0) is 44.3 Å². The third-order valence-electron chi connectivity index (χ3n) is 6.30. The fourth-order valence-corrected chi connectivity index (χ4v) is 4.19. The Bertz CT molecular complexity index is 1310. The summed E-state index contributed by atoms with van der Waals surface area (Å²) in [5, 5.41) is 5.90. The van der Waals surface area contributed by atoms with Gasteiger partial charge in [0.2, 0.25) is 0 Å². The van der Waals surface area contributed by atoms with Crippen LogP contribution in [-0.4, -0.2) is 78.1 Å². The highest BCUT2D eigenvalue weighted by molar-refractivity contribution is 6.02. The number of aromatic nitrogens is 2. The molecular formula is C26H32N6O4. The molecule has 0 aliphatic carbocycles. The van der Waals surface area contributed by atoms with Crippen molar-refractivity contribution in [3.63, 3.8) is 0 Å². The van der Waals surface area contributed by atoms with Crippen molar-refractivity contribution in [1.29, 1.82) is 0 Å². The summed E-state index contributed by atoms with van der Waals surface area (Å²) in [6.07, 6.45) is 0. The van der Waals surface area contributed by atoms with Crippen LogP contribution in [0.25, 0.3) is 10.9 Å². The molecule has 2 aromatic carbocycles. The number of amides is 2. The molecule has 10 heteroatoms. The van der Waals surface area contributed by atoms with E-state index in [2.05, 4.69) is 27.5 Å². The fraction of sp³-hybridized carbons (Fsp3) is 0.385. The lowest BCUT2D eigenvalue weighted by molar-refractivity contribution is 0.101. The average Bonchev–Trinajstić information content (AvgIpc) is 2.86. The van der Waals surface area contributed by atoms with E-state index in [0.29, 0.717) is 53.4 Å². The number of nitrogens with one attached hydrogen (secondary N) is 2. The van der Waals surface area contributed by atoms with Crippen LogP contribution in [0.4, 0.5) is 16.2 Å². The largest absolute Gasteiger partial charge is 0.383 e. The number of methoxy groups -OCH3 is 1. The van der Waals surface area contributed by atoms with E-state index < -0.39 is 6.03 Å². The molecule has 0 radical (unpaired) electrons. The molecule has 0 unspecified atom stereocenters. The highest BCUT2D eigenvalue weighted by Gasteiger charge is 2.18. The third kappa shape index (κ3) is 6.14. The molecule has 2 heterocycles. The Morgan fingerprint density at radius 2 is 1.75 bits per heavy atom. The number of rotatable bonds is 8. The molecule has 0 bridgehead atoms. The first-order valence-electron chi connectivity index (χ1n) is 12.0. The fourth-order valence-electron chi connectivity index (χ4n) is 4.19. The number of fused-ring (bicyclic) bond motifs is 1. The number of piperazine rings is 1. The van der Waals surface area contributed by atoms with Crippen molar-refractivity contribution in [3.8, 4) is 0 Å². The van der Waals surface area contributed by atoms with E-state index in [9.17, 15) is 14.4 Å². The van der Waals surface area contributed by atoms with Crippen molar-refractivity contribution < 1.29 is 14.3 Å². The zero-order valence-electron chi connectivity index (χ0n) is 20.9. The molecule has 190 valence electrons. The molecule has 0 spiro atoms. The number of likely N-dealkylation sites (N-methyl/N-ethyl adjacent to an activating group) is 1. The van der Waals surface area contributed by atoms with Gasteiger partial charge in [-0.1, -0.05) is 12.1 Å². The minimum absolute atomic E-state index is 0.0853. The number of nitrogens with zero attached hydrogens (tertiary/aromatic N) is 4. The molecule has 0 saturated carbocycles. The molecule has 2 amide bonds. The number of benzene rings is 2. The number of carbonyl (C=O) groups is 2. The minimum Gasteiger partial charge on any atom is -0.383 e. The molecule has 36 heavy (non-hydrogen) atoms. The number of carbonyl (C=O) groups excluding carboxylic acids is 2. The van der Waals surface area contributed by atoms with E-state index in [1.54, 1.807) is 54.1 Å². The van der Waals surface area contributed by atoms with Crippen molar-refractivity contribution in [1.82, 2.24) is 19.4 Å². The maximum Gasteiger partial charge on any atom is 0.323 e. The normalized spacial score (nSPS) is 14.6. The maximum atomic E-state index is 13.5. The standard InChI is InChI=1S/C26H32N6O4/c1-18(33)19-5-4-6-20(15-19)27-26(35)28-21-7-8-23-22(16-21)25(34)32(13-14-36-3)24(29-23)17-31-11-9-30(2)10-12-31/h4-8,15-16H,9-14,17H2,1-3H3,(H2,27,28,35). The Morgan fingerprint density at radius 3 is 2.44 bits per heavy atom. The molecule has 2 N–H and O–H groups in total. The molecule has 1 aromatic heterocycles. The molecule has 1 aliphatic heterocycles. The van der Waals surface area contributed by atoms with Gasteiger partial charge in [-0.2, -0.15) is 0 Å². The number of ketones is 1. The predicted molar refractivity (Wildman–Crippen MR) is 140 cm³/mol. The van der Waals surface area contributed by atoms with Gasteiger partial charge in [0.05, 0.1) is 30.6 Å². The Kier molecular flexibility index (Phi) is 8.09. The zero-order chi connectivity index (χ0) is 25.7. The van der Waals surface area contributed by atoms with Gasteiger partial charge in [0.15, 0.2) is 5.78 Å². The topological polar surface area (TPSA) is 109 Å². The van der Waals surface area contributed by atoms with Gasteiger partial charge in [0, 0.05) is 50.2 Å². The zero-order valence-corrected chi connectivity index (χ0v) is 20.9. The third-order valence-corrected chi connectivity index (χ3v) is 6.30. The van der Waals surface area contributed by atoms with Gasteiger partial charge < -0.3 is 20.3 Å². The second-order valence-corrected chi connectivity index (χ2v) is 9.01. The van der Waals surface area contributed by atoms with Crippen LogP contribution in [0.5, 0.6) is 0 Å². The van der Waals surface area contributed by atoms with E-state index in [1.165, 1.54) is 6.92 Å². The van der Waals surface area contributed by atoms with Crippen molar-refractivity contribution in [3.05, 3.63) is 64.2 Å². The van der Waals surface area contributed by atoms with Crippen molar-refractivity contribution in [2.45, 2.75) is 20.0 Å². The summed E-state index contributed by atoms with van der Waals surface area (Å²) in [6, 6.07) is 11.3. The van der Waals surface area contributed by atoms with Crippen molar-refractivity contribution in [2.24, 2.45) is 0 Å². The van der Waals surface area contributed by atoms with Gasteiger partial charge in [-0.25, -0.2) is 9.78 Å². The Labute approximate surface area is 209 Å². The summed E-state index contributed by atoms with van der Waals surface area (Å²) in [7, 11) is 3.71. The van der Waals surface area contributed by atoms with Crippen molar-refractivity contribution >= 4 is 34.1 Å². The molecule has 10 nitrogen and oxygen atoms in total. The number of urea groups is 1. The molecule has 1 aliphatic rings. The smallest absolute Gasteiger partial charge is 0.323 e. The molecule has 3 aromatic rings. The van der Waals surface area contributed by atoms with Crippen LogP contribution in [0.3, 0.4) is 0 Å². The van der Waals surface area contributed by atoms with Crippen LogP contribution in [0, 0.1) is 0 Å². The monoisotopic (exact) mass is 492 g/mol. The van der Waals surface area contributed by atoms with E-state index in [-0.39, 0.29) is 11.3 Å². The van der Waals surface area contributed by atoms with Gasteiger partial charge in [-0.3, -0.25) is 19.1 Å². The number of anilines is 2. The van der Waals surface area contributed by atoms with Crippen molar-refractivity contribution in [2.75, 3.05) is 57.6 Å². The Hall–Kier alpha value is -3.60. The van der Waals surface area contributed by atoms with E-state index in [1.807, 2.05) is 0 Å². The van der Waals surface area contributed by atoms with Gasteiger partial charge in [-0.15, -0.1) is 0 Å². The van der Waals surface area contributed by atoms with Gasteiger partial charge in [0.1, 0.15) is 5.82 Å². The second kappa shape index (κ2) is 11.4. The molecule has 4 rings (SSSR count). The van der Waals surface area contributed by atoms with Crippen LogP contribution < -0.4 is 16.2 Å². The van der Waals surface area contributed by atoms with Crippen LogP contribution >= 0.6 is 0 Å². The number of hydrogen-bond donors (Lipinski definition) is 2. The van der Waals surface area contributed by atoms with Crippen LogP contribution in [-0.2, 0) is 17.8 Å². The number of Topliss-reactive ketones (excluding diaryl/α,β-unsaturated/α-hetero) is 1. The lowest BCUT2D eigenvalue weighted by atomic mass is 10.1. The summed E-state index contributed by atoms with van der Waals surface area (Å²) in [5.41, 5.74) is 1.88. The maximum absolute atomic E-state index is 13.5. The average molecular weight is 493 g/mol. The minimum atomic E-state index is -0.477. The van der Waals surface area contributed by atoms with E-state index in [0.717, 1.165) is 26.2 Å². The van der Waals surface area contributed by atoms with Crippen LogP contribution in [0.2, 0.25) is 0 Å². The van der Waals surface area contributed by atoms with E-state index in [4.69, 9.17) is 9.72 Å². The predicted octanol–water partition coefficient (Wildman–Crippen LogP) is 2.64.